The van der Waals surface area contributed by atoms with Crippen molar-refractivity contribution in [3.8, 4) is 5.75 Å². The molecule has 1 aromatic heterocycles. The summed E-state index contributed by atoms with van der Waals surface area (Å²) >= 11 is 5.89. The molecule has 0 spiro atoms. The smallest absolute Gasteiger partial charge is 0.308 e. The summed E-state index contributed by atoms with van der Waals surface area (Å²) in [5, 5.41) is 3.92. The molecule has 1 fully saturated rings. The minimum Gasteiger partial charge on any atom is -0.484 e. The Morgan fingerprint density at radius 3 is 2.74 bits per heavy atom. The van der Waals surface area contributed by atoms with Crippen LogP contribution in [0.2, 0.25) is 5.02 Å². The van der Waals surface area contributed by atoms with E-state index in [-0.39, 0.29) is 35.1 Å². The van der Waals surface area contributed by atoms with Gasteiger partial charge in [0.15, 0.2) is 11.5 Å². The van der Waals surface area contributed by atoms with Crippen LogP contribution in [0, 0.1) is 11.7 Å². The first kappa shape index (κ1) is 19.2. The van der Waals surface area contributed by atoms with Gasteiger partial charge in [0.2, 0.25) is 0 Å². The number of ether oxygens (including phenoxy) is 2. The minimum atomic E-state index is -0.462. The van der Waals surface area contributed by atoms with Crippen molar-refractivity contribution in [1.82, 2.24) is 10.1 Å². The minimum absolute atomic E-state index is 0.00392. The lowest BCUT2D eigenvalue weighted by molar-refractivity contribution is -0.146. The third kappa shape index (κ3) is 4.57. The molecule has 0 N–H and O–H groups in total. The number of amides is 1. The fourth-order valence-corrected chi connectivity index (χ4v) is 3.09. The highest BCUT2D eigenvalue weighted by Gasteiger charge is 2.29. The number of benzene rings is 1. The zero-order valence-corrected chi connectivity index (χ0v) is 15.4. The van der Waals surface area contributed by atoms with E-state index in [0.717, 1.165) is 6.07 Å². The van der Waals surface area contributed by atoms with E-state index in [1.807, 2.05) is 0 Å². The second kappa shape index (κ2) is 8.39. The van der Waals surface area contributed by atoms with Gasteiger partial charge >= 0.3 is 5.97 Å². The van der Waals surface area contributed by atoms with E-state index in [1.165, 1.54) is 25.3 Å². The highest BCUT2D eigenvalue weighted by Crippen LogP contribution is 2.26. The van der Waals surface area contributed by atoms with E-state index in [0.29, 0.717) is 37.4 Å². The lowest BCUT2D eigenvalue weighted by Crippen LogP contribution is -2.40. The maximum atomic E-state index is 13.0. The predicted octanol–water partition coefficient (Wildman–Crippen LogP) is 3.07. The van der Waals surface area contributed by atoms with Crippen LogP contribution >= 0.6 is 11.6 Å². The second-order valence-corrected chi connectivity index (χ2v) is 6.54. The molecule has 1 aliphatic rings. The zero-order valence-electron chi connectivity index (χ0n) is 14.6. The number of likely N-dealkylation sites (tertiary alicyclic amines) is 1. The van der Waals surface area contributed by atoms with Crippen LogP contribution in [-0.2, 0) is 16.1 Å². The quantitative estimate of drug-likeness (QED) is 0.722. The van der Waals surface area contributed by atoms with Gasteiger partial charge in [-0.3, -0.25) is 9.59 Å². The summed E-state index contributed by atoms with van der Waals surface area (Å²) in [7, 11) is 1.36. The number of rotatable bonds is 5. The summed E-state index contributed by atoms with van der Waals surface area (Å²) in [6.07, 6.45) is 1.10. The normalized spacial score (nSPS) is 14.9. The molecule has 0 aliphatic carbocycles. The van der Waals surface area contributed by atoms with Crippen LogP contribution < -0.4 is 4.74 Å². The fraction of sp³-hybridized carbons (Fsp3) is 0.389. The summed E-state index contributed by atoms with van der Waals surface area (Å²) in [6, 6.07) is 5.27. The Hall–Kier alpha value is -2.61. The number of halogens is 2. The molecule has 0 radical (unpaired) electrons. The summed E-state index contributed by atoms with van der Waals surface area (Å²) in [5.41, 5.74) is 0.162. The summed E-state index contributed by atoms with van der Waals surface area (Å²) in [6.45, 7) is 0.890. The maximum Gasteiger partial charge on any atom is 0.308 e. The van der Waals surface area contributed by atoms with E-state index in [1.54, 1.807) is 4.90 Å². The van der Waals surface area contributed by atoms with Gasteiger partial charge in [0.1, 0.15) is 18.2 Å². The molecule has 1 amide bonds. The van der Waals surface area contributed by atoms with Gasteiger partial charge in [-0.2, -0.15) is 0 Å². The first-order chi connectivity index (χ1) is 13.0. The van der Waals surface area contributed by atoms with Crippen molar-refractivity contribution in [2.75, 3.05) is 20.2 Å². The molecular weight excluding hydrogens is 379 g/mol. The molecule has 0 saturated carbocycles. The van der Waals surface area contributed by atoms with Gasteiger partial charge in [-0.1, -0.05) is 16.8 Å². The Kier molecular flexibility index (Phi) is 5.95. The van der Waals surface area contributed by atoms with Gasteiger partial charge in [0, 0.05) is 19.2 Å². The zero-order chi connectivity index (χ0) is 19.4. The number of piperidine rings is 1. The lowest BCUT2D eigenvalue weighted by Gasteiger charge is -2.29. The number of aromatic nitrogens is 1. The van der Waals surface area contributed by atoms with Crippen LogP contribution in [0.1, 0.15) is 29.1 Å². The molecular formula is C18H18ClFN2O5. The number of hydrogen-bond acceptors (Lipinski definition) is 6. The third-order valence-corrected chi connectivity index (χ3v) is 4.65. The standard InChI is InChI=1S/C18H18ClFN2O5/c1-25-18(24)11-4-6-22(7-5-11)17(23)15-9-13(27-21-15)10-26-16-3-2-12(20)8-14(16)19/h2-3,8-9,11H,4-7,10H2,1H3. The molecule has 1 aliphatic heterocycles. The van der Waals surface area contributed by atoms with E-state index < -0.39 is 5.82 Å². The Morgan fingerprint density at radius 1 is 1.33 bits per heavy atom. The van der Waals surface area contributed by atoms with E-state index >= 15 is 0 Å². The summed E-state index contributed by atoms with van der Waals surface area (Å²) < 4.78 is 28.4. The fourth-order valence-electron chi connectivity index (χ4n) is 2.87. The van der Waals surface area contributed by atoms with E-state index in [9.17, 15) is 14.0 Å². The SMILES string of the molecule is COC(=O)C1CCN(C(=O)c2cc(COc3ccc(F)cc3Cl)on2)CC1. The molecule has 27 heavy (non-hydrogen) atoms. The number of nitrogens with zero attached hydrogens (tertiary/aromatic N) is 2. The Balaban J connectivity index is 1.56. The monoisotopic (exact) mass is 396 g/mol. The Morgan fingerprint density at radius 2 is 2.07 bits per heavy atom. The molecule has 1 saturated heterocycles. The molecule has 2 heterocycles. The Labute approximate surface area is 160 Å². The topological polar surface area (TPSA) is 81.9 Å². The van der Waals surface area contributed by atoms with E-state index in [2.05, 4.69) is 5.16 Å². The third-order valence-electron chi connectivity index (χ3n) is 4.36. The first-order valence-corrected chi connectivity index (χ1v) is 8.76. The van der Waals surface area contributed by atoms with Crippen LogP contribution in [0.4, 0.5) is 4.39 Å². The van der Waals surface area contributed by atoms with Gasteiger partial charge < -0.3 is 18.9 Å². The largest absolute Gasteiger partial charge is 0.484 e. The van der Waals surface area contributed by atoms with Gasteiger partial charge in [-0.15, -0.1) is 0 Å². The van der Waals surface area contributed by atoms with Crippen molar-refractivity contribution < 1.29 is 28.0 Å². The van der Waals surface area contributed by atoms with Crippen LogP contribution in [0.3, 0.4) is 0 Å². The summed E-state index contributed by atoms with van der Waals surface area (Å²) in [4.78, 5) is 25.7. The van der Waals surface area contributed by atoms with Crippen molar-refractivity contribution in [2.24, 2.45) is 5.92 Å². The van der Waals surface area contributed by atoms with E-state index in [4.69, 9.17) is 25.6 Å². The molecule has 3 rings (SSSR count). The van der Waals surface area contributed by atoms with Crippen molar-refractivity contribution in [1.29, 1.82) is 0 Å². The average molecular weight is 397 g/mol. The maximum absolute atomic E-state index is 13.0. The molecule has 144 valence electrons. The number of carbonyl (C=O) groups excluding carboxylic acids is 2. The summed E-state index contributed by atoms with van der Waals surface area (Å²) in [5.74, 6) is -0.525. The van der Waals surface area contributed by atoms with Gasteiger partial charge in [0.05, 0.1) is 18.1 Å². The van der Waals surface area contributed by atoms with Crippen LogP contribution in [0.25, 0.3) is 0 Å². The number of esters is 1. The van der Waals surface area contributed by atoms with Gasteiger partial charge in [-0.05, 0) is 31.0 Å². The predicted molar refractivity (Wildman–Crippen MR) is 92.9 cm³/mol. The van der Waals surface area contributed by atoms with Crippen molar-refractivity contribution in [3.05, 3.63) is 46.6 Å². The molecule has 0 unspecified atom stereocenters. The molecule has 2 aromatic rings. The molecule has 9 heteroatoms. The van der Waals surface area contributed by atoms with Crippen LogP contribution in [0.5, 0.6) is 5.75 Å². The first-order valence-electron chi connectivity index (χ1n) is 8.38. The number of carbonyl (C=O) groups is 2. The molecule has 1 aromatic carbocycles. The number of hydrogen-bond donors (Lipinski definition) is 0. The average Bonchev–Trinajstić information content (AvgIpc) is 3.15. The van der Waals surface area contributed by atoms with Crippen molar-refractivity contribution in [2.45, 2.75) is 19.4 Å². The highest BCUT2D eigenvalue weighted by molar-refractivity contribution is 6.32. The molecule has 0 bridgehead atoms. The van der Waals surface area contributed by atoms with Crippen molar-refractivity contribution in [3.63, 3.8) is 0 Å². The molecule has 0 atom stereocenters. The highest BCUT2D eigenvalue weighted by atomic mass is 35.5. The Bertz CT molecular complexity index is 833. The number of methoxy groups -OCH3 is 1. The lowest BCUT2D eigenvalue weighted by atomic mass is 9.97. The van der Waals surface area contributed by atoms with Crippen LogP contribution in [0.15, 0.2) is 28.8 Å². The van der Waals surface area contributed by atoms with Gasteiger partial charge in [-0.25, -0.2) is 4.39 Å². The second-order valence-electron chi connectivity index (χ2n) is 6.13. The molecule has 7 nitrogen and oxygen atoms in total. The van der Waals surface area contributed by atoms with Gasteiger partial charge in [0.25, 0.3) is 5.91 Å². The van der Waals surface area contributed by atoms with Crippen LogP contribution in [-0.4, -0.2) is 42.1 Å². The van der Waals surface area contributed by atoms with Crippen molar-refractivity contribution >= 4 is 23.5 Å².